The highest BCUT2D eigenvalue weighted by atomic mass is 16.2. The van der Waals surface area contributed by atoms with Gasteiger partial charge in [-0.15, -0.1) is 6.58 Å². The normalized spacial score (nSPS) is 16.6. The smallest absolute Gasteiger partial charge is 0.261 e. The van der Waals surface area contributed by atoms with Gasteiger partial charge in [0.2, 0.25) is 0 Å². The number of nitrogens with zero attached hydrogens (tertiary/aromatic N) is 5. The number of amides is 2. The molecule has 0 N–H and O–H groups in total. The summed E-state index contributed by atoms with van der Waals surface area (Å²) in [6.07, 6.45) is 8.64. The van der Waals surface area contributed by atoms with Crippen molar-refractivity contribution in [2.75, 3.05) is 13.1 Å². The van der Waals surface area contributed by atoms with E-state index in [0.29, 0.717) is 30.8 Å². The molecule has 2 aromatic carbocycles. The summed E-state index contributed by atoms with van der Waals surface area (Å²) in [6.45, 7) is 6.61. The van der Waals surface area contributed by atoms with Crippen LogP contribution in [0.2, 0.25) is 0 Å². The van der Waals surface area contributed by atoms with Gasteiger partial charge in [0.25, 0.3) is 11.8 Å². The molecule has 0 saturated heterocycles. The van der Waals surface area contributed by atoms with E-state index in [-0.39, 0.29) is 17.9 Å². The second-order valence-electron chi connectivity index (χ2n) is 10.4. The lowest BCUT2D eigenvalue weighted by molar-refractivity contribution is 0.0648. The number of allylic oxidation sites excluding steroid dienone is 1. The van der Waals surface area contributed by atoms with Gasteiger partial charge in [-0.25, -0.2) is 4.98 Å². The van der Waals surface area contributed by atoms with Gasteiger partial charge in [0.1, 0.15) is 5.82 Å². The summed E-state index contributed by atoms with van der Waals surface area (Å²) in [5.74, 6) is 0.645. The fourth-order valence-corrected chi connectivity index (χ4v) is 6.07. The third-order valence-corrected chi connectivity index (χ3v) is 7.95. The van der Waals surface area contributed by atoms with E-state index in [1.165, 1.54) is 10.5 Å². The fourth-order valence-electron chi connectivity index (χ4n) is 6.07. The number of carbonyl (C=O) groups is 2. The van der Waals surface area contributed by atoms with Gasteiger partial charge >= 0.3 is 0 Å². The van der Waals surface area contributed by atoms with Crippen molar-refractivity contribution in [3.05, 3.63) is 108 Å². The molecule has 7 nitrogen and oxygen atoms in total. The van der Waals surface area contributed by atoms with E-state index in [1.54, 1.807) is 24.3 Å². The van der Waals surface area contributed by atoms with Crippen LogP contribution >= 0.6 is 0 Å². The summed E-state index contributed by atoms with van der Waals surface area (Å²) in [5, 5.41) is 0. The van der Waals surface area contributed by atoms with Crippen molar-refractivity contribution in [3.8, 4) is 0 Å². The number of aryl methyl sites for hydroxylation is 1. The molecule has 3 heterocycles. The van der Waals surface area contributed by atoms with Gasteiger partial charge in [-0.2, -0.15) is 0 Å². The summed E-state index contributed by atoms with van der Waals surface area (Å²) in [6, 6.07) is 19.7. The number of imide groups is 1. The van der Waals surface area contributed by atoms with Crippen molar-refractivity contribution >= 4 is 22.8 Å². The van der Waals surface area contributed by atoms with Crippen LogP contribution in [0.1, 0.15) is 69.5 Å². The number of rotatable bonds is 10. The molecule has 0 spiro atoms. The molecule has 1 unspecified atom stereocenters. The average molecular weight is 520 g/mol. The number of carbonyl (C=O) groups excluding carboxylic acids is 2. The number of benzene rings is 2. The summed E-state index contributed by atoms with van der Waals surface area (Å²) in [4.78, 5) is 39.3. The Morgan fingerprint density at radius 2 is 1.74 bits per heavy atom. The zero-order chi connectivity index (χ0) is 26.8. The maximum atomic E-state index is 12.8. The number of aromatic nitrogens is 3. The lowest BCUT2D eigenvalue weighted by Gasteiger charge is -2.35. The summed E-state index contributed by atoms with van der Waals surface area (Å²) < 4.78 is 2.25. The lowest BCUT2D eigenvalue weighted by Crippen LogP contribution is -2.34. The first-order valence-corrected chi connectivity index (χ1v) is 13.8. The molecule has 2 aromatic heterocycles. The van der Waals surface area contributed by atoms with Crippen molar-refractivity contribution in [2.45, 2.75) is 51.2 Å². The minimum absolute atomic E-state index is 0.184. The molecule has 1 aliphatic heterocycles. The van der Waals surface area contributed by atoms with Crippen molar-refractivity contribution in [3.63, 3.8) is 0 Å². The third-order valence-electron chi connectivity index (χ3n) is 7.95. The third kappa shape index (κ3) is 4.79. The van der Waals surface area contributed by atoms with Gasteiger partial charge in [-0.1, -0.05) is 36.4 Å². The Morgan fingerprint density at radius 1 is 0.974 bits per heavy atom. The average Bonchev–Trinajstić information content (AvgIpc) is 3.44. The Morgan fingerprint density at radius 3 is 2.54 bits per heavy atom. The van der Waals surface area contributed by atoms with Crippen molar-refractivity contribution in [1.29, 1.82) is 0 Å². The highest BCUT2D eigenvalue weighted by molar-refractivity contribution is 6.21. The molecule has 7 heteroatoms. The Kier molecular flexibility index (Phi) is 7.07. The Hall–Kier alpha value is -4.10. The minimum Gasteiger partial charge on any atom is -0.323 e. The van der Waals surface area contributed by atoms with Crippen LogP contribution in [-0.4, -0.2) is 49.2 Å². The standard InChI is InChI=1S/C32H33N5O2/c1-2-19-36-27-16-6-5-15-26(27)34-29(36)22-35(28-17-9-11-23-12-10-18-33-30(23)28)20-7-8-21-37-31(38)24-13-3-4-14-25(24)32(37)39/h2-6,10,12-16,18,28H,1,7-9,11,17,19-22H2. The zero-order valence-corrected chi connectivity index (χ0v) is 22.1. The van der Waals surface area contributed by atoms with Gasteiger partial charge in [0, 0.05) is 19.3 Å². The molecule has 1 aliphatic carbocycles. The van der Waals surface area contributed by atoms with Crippen LogP contribution in [-0.2, 0) is 19.5 Å². The van der Waals surface area contributed by atoms with Crippen molar-refractivity contribution in [1.82, 2.24) is 24.3 Å². The Bertz CT molecular complexity index is 1510. The van der Waals surface area contributed by atoms with Gasteiger partial charge in [0.05, 0.1) is 40.4 Å². The van der Waals surface area contributed by atoms with E-state index in [2.05, 4.69) is 34.2 Å². The summed E-state index contributed by atoms with van der Waals surface area (Å²) >= 11 is 0. The molecule has 0 fully saturated rings. The molecule has 0 bridgehead atoms. The number of unbranched alkanes of at least 4 members (excludes halogenated alkanes) is 1. The molecule has 2 aliphatic rings. The number of fused-ring (bicyclic) bond motifs is 3. The maximum absolute atomic E-state index is 12.8. The fraction of sp³-hybridized carbons (Fsp3) is 0.312. The molecule has 2 amide bonds. The van der Waals surface area contributed by atoms with E-state index < -0.39 is 0 Å². The van der Waals surface area contributed by atoms with Crippen LogP contribution in [0.3, 0.4) is 0 Å². The van der Waals surface area contributed by atoms with Crippen molar-refractivity contribution in [2.24, 2.45) is 0 Å². The number of hydrogen-bond donors (Lipinski definition) is 0. The van der Waals surface area contributed by atoms with Crippen LogP contribution in [0, 0.1) is 0 Å². The quantitative estimate of drug-likeness (QED) is 0.156. The molecule has 0 saturated carbocycles. The Labute approximate surface area is 228 Å². The molecule has 6 rings (SSSR count). The number of para-hydroxylation sites is 2. The van der Waals surface area contributed by atoms with E-state index >= 15 is 0 Å². The van der Waals surface area contributed by atoms with Crippen LogP contribution in [0.15, 0.2) is 79.5 Å². The molecule has 1 atom stereocenters. The van der Waals surface area contributed by atoms with Crippen molar-refractivity contribution < 1.29 is 9.59 Å². The first-order chi connectivity index (χ1) is 19.2. The van der Waals surface area contributed by atoms with E-state index in [0.717, 1.165) is 61.2 Å². The van der Waals surface area contributed by atoms with Gasteiger partial charge < -0.3 is 4.57 Å². The molecular weight excluding hydrogens is 486 g/mol. The Balaban J connectivity index is 1.22. The monoisotopic (exact) mass is 519 g/mol. The molecular formula is C32H33N5O2. The number of imidazole rings is 1. The molecule has 39 heavy (non-hydrogen) atoms. The SMILES string of the molecule is C=CCn1c(CN(CCCCN2C(=O)c3ccccc3C2=O)C2CCCc3cccnc32)nc2ccccc21. The topological polar surface area (TPSA) is 71.3 Å². The molecule has 0 radical (unpaired) electrons. The second kappa shape index (κ2) is 10.9. The molecule has 198 valence electrons. The van der Waals surface area contributed by atoms with E-state index in [4.69, 9.17) is 9.97 Å². The van der Waals surface area contributed by atoms with Gasteiger partial charge in [-0.05, 0) is 74.5 Å². The number of pyridine rings is 1. The van der Waals surface area contributed by atoms with E-state index in [9.17, 15) is 9.59 Å². The van der Waals surface area contributed by atoms with Crippen LogP contribution in [0.5, 0.6) is 0 Å². The zero-order valence-electron chi connectivity index (χ0n) is 22.1. The van der Waals surface area contributed by atoms with Gasteiger partial charge in [-0.3, -0.25) is 24.4 Å². The highest BCUT2D eigenvalue weighted by Gasteiger charge is 2.34. The second-order valence-corrected chi connectivity index (χ2v) is 10.4. The van der Waals surface area contributed by atoms with E-state index in [1.807, 2.05) is 30.5 Å². The number of hydrogen-bond acceptors (Lipinski definition) is 5. The predicted molar refractivity (Wildman–Crippen MR) is 151 cm³/mol. The first-order valence-electron chi connectivity index (χ1n) is 13.8. The molecule has 4 aromatic rings. The summed E-state index contributed by atoms with van der Waals surface area (Å²) in [5.41, 5.74) is 5.60. The highest BCUT2D eigenvalue weighted by Crippen LogP contribution is 2.34. The maximum Gasteiger partial charge on any atom is 0.261 e. The lowest BCUT2D eigenvalue weighted by atomic mass is 9.90. The van der Waals surface area contributed by atoms with Gasteiger partial charge in [0.15, 0.2) is 0 Å². The first kappa shape index (κ1) is 25.2. The van der Waals surface area contributed by atoms with Crippen LogP contribution in [0.4, 0.5) is 0 Å². The predicted octanol–water partition coefficient (Wildman–Crippen LogP) is 5.57. The minimum atomic E-state index is -0.184. The summed E-state index contributed by atoms with van der Waals surface area (Å²) in [7, 11) is 0. The largest absolute Gasteiger partial charge is 0.323 e. The van der Waals surface area contributed by atoms with Crippen LogP contribution in [0.25, 0.3) is 11.0 Å². The van der Waals surface area contributed by atoms with Crippen LogP contribution < -0.4 is 0 Å².